The number of hydrogen-bond acceptors (Lipinski definition) is 5. The predicted molar refractivity (Wildman–Crippen MR) is 84.3 cm³/mol. The number of nitrogens with zero attached hydrogens (tertiary/aromatic N) is 3. The second-order valence-electron chi connectivity index (χ2n) is 6.99. The average Bonchev–Trinajstić information content (AvgIpc) is 2.94. The molecule has 2 atom stereocenters. The van der Waals surface area contributed by atoms with Gasteiger partial charge in [-0.3, -0.25) is 19.7 Å². The molecule has 0 aromatic carbocycles. The van der Waals surface area contributed by atoms with Crippen molar-refractivity contribution in [1.82, 2.24) is 9.80 Å². The standard InChI is InChI=1S/C16H21N3O5/c1-10-5-11(2)7-17(6-10)15(20)12-8-18(9-12)16(21)13-3-4-14(24-13)19(22)23/h3-4,10-12H,5-9H2,1-2H3. The molecule has 3 heterocycles. The lowest BCUT2D eigenvalue weighted by Crippen LogP contribution is -2.58. The van der Waals surface area contributed by atoms with Crippen molar-refractivity contribution in [2.45, 2.75) is 20.3 Å². The monoisotopic (exact) mass is 335 g/mol. The maximum Gasteiger partial charge on any atom is 0.433 e. The maximum absolute atomic E-state index is 12.5. The largest absolute Gasteiger partial charge is 0.433 e. The number of piperidine rings is 1. The number of carbonyl (C=O) groups excluding carboxylic acids is 2. The van der Waals surface area contributed by atoms with Gasteiger partial charge in [0.2, 0.25) is 5.91 Å². The van der Waals surface area contributed by atoms with Crippen LogP contribution in [-0.2, 0) is 4.79 Å². The molecule has 8 heteroatoms. The quantitative estimate of drug-likeness (QED) is 0.619. The van der Waals surface area contributed by atoms with Crippen molar-refractivity contribution >= 4 is 17.7 Å². The Balaban J connectivity index is 1.55. The van der Waals surface area contributed by atoms with Gasteiger partial charge in [-0.1, -0.05) is 13.8 Å². The minimum absolute atomic E-state index is 0.0622. The van der Waals surface area contributed by atoms with E-state index in [1.807, 2.05) is 4.90 Å². The van der Waals surface area contributed by atoms with Crippen LogP contribution in [0.15, 0.2) is 16.5 Å². The summed E-state index contributed by atoms with van der Waals surface area (Å²) in [6, 6.07) is 2.45. The van der Waals surface area contributed by atoms with E-state index in [9.17, 15) is 19.7 Å². The highest BCUT2D eigenvalue weighted by Crippen LogP contribution is 2.27. The molecular formula is C16H21N3O5. The van der Waals surface area contributed by atoms with Crippen LogP contribution >= 0.6 is 0 Å². The van der Waals surface area contributed by atoms with Crippen molar-refractivity contribution in [2.75, 3.05) is 26.2 Å². The first-order chi connectivity index (χ1) is 11.3. The van der Waals surface area contributed by atoms with Gasteiger partial charge in [0.05, 0.1) is 12.0 Å². The molecule has 0 spiro atoms. The zero-order chi connectivity index (χ0) is 17.4. The zero-order valence-electron chi connectivity index (χ0n) is 13.8. The van der Waals surface area contributed by atoms with Gasteiger partial charge in [-0.05, 0) is 24.3 Å². The molecule has 1 aromatic rings. The topological polar surface area (TPSA) is 96.9 Å². The second-order valence-corrected chi connectivity index (χ2v) is 6.99. The molecule has 0 saturated carbocycles. The third kappa shape index (κ3) is 3.13. The maximum atomic E-state index is 12.5. The first-order valence-corrected chi connectivity index (χ1v) is 8.17. The van der Waals surface area contributed by atoms with E-state index in [4.69, 9.17) is 4.42 Å². The molecule has 2 unspecified atom stereocenters. The Bertz CT molecular complexity index is 654. The van der Waals surface area contributed by atoms with Crippen LogP contribution in [0.5, 0.6) is 0 Å². The molecule has 2 aliphatic heterocycles. The number of nitro groups is 1. The van der Waals surface area contributed by atoms with Crippen LogP contribution in [0.2, 0.25) is 0 Å². The summed E-state index contributed by atoms with van der Waals surface area (Å²) < 4.78 is 4.92. The lowest BCUT2D eigenvalue weighted by Gasteiger charge is -2.43. The normalized spacial score (nSPS) is 24.6. The Labute approximate surface area is 139 Å². The summed E-state index contributed by atoms with van der Waals surface area (Å²) in [6.45, 7) is 6.53. The zero-order valence-corrected chi connectivity index (χ0v) is 13.8. The minimum atomic E-state index is -0.683. The van der Waals surface area contributed by atoms with Crippen LogP contribution in [0.3, 0.4) is 0 Å². The van der Waals surface area contributed by atoms with Crippen LogP contribution < -0.4 is 0 Å². The number of rotatable bonds is 3. The van der Waals surface area contributed by atoms with Crippen LogP contribution in [0.4, 0.5) is 5.88 Å². The van der Waals surface area contributed by atoms with Crippen LogP contribution in [0.25, 0.3) is 0 Å². The molecule has 0 N–H and O–H groups in total. The Kier molecular flexibility index (Phi) is 4.29. The number of carbonyl (C=O) groups is 2. The second kappa shape index (κ2) is 6.26. The van der Waals surface area contributed by atoms with E-state index in [1.165, 1.54) is 11.0 Å². The van der Waals surface area contributed by atoms with Crippen molar-refractivity contribution in [1.29, 1.82) is 0 Å². The Morgan fingerprint density at radius 1 is 1.12 bits per heavy atom. The van der Waals surface area contributed by atoms with Crippen molar-refractivity contribution in [3.8, 4) is 0 Å². The Morgan fingerprint density at radius 3 is 2.29 bits per heavy atom. The summed E-state index contributed by atoms with van der Waals surface area (Å²) >= 11 is 0. The van der Waals surface area contributed by atoms with Crippen molar-refractivity contribution in [3.63, 3.8) is 0 Å². The van der Waals surface area contributed by atoms with E-state index >= 15 is 0 Å². The van der Waals surface area contributed by atoms with Gasteiger partial charge in [-0.25, -0.2) is 0 Å². The fraction of sp³-hybridized carbons (Fsp3) is 0.625. The summed E-state index contributed by atoms with van der Waals surface area (Å²) in [6.07, 6.45) is 1.14. The van der Waals surface area contributed by atoms with Crippen LogP contribution in [0.1, 0.15) is 30.8 Å². The highest BCUT2D eigenvalue weighted by Gasteiger charge is 2.40. The number of likely N-dealkylation sites (tertiary alicyclic amines) is 2. The van der Waals surface area contributed by atoms with Gasteiger partial charge in [-0.2, -0.15) is 0 Å². The third-order valence-electron chi connectivity index (χ3n) is 4.68. The molecular weight excluding hydrogens is 314 g/mol. The van der Waals surface area contributed by atoms with Gasteiger partial charge in [0, 0.05) is 26.2 Å². The smallest absolute Gasteiger partial charge is 0.395 e. The molecule has 2 aliphatic rings. The number of furan rings is 1. The van der Waals surface area contributed by atoms with Crippen LogP contribution in [0, 0.1) is 27.9 Å². The molecule has 2 fully saturated rings. The molecule has 2 amide bonds. The highest BCUT2D eigenvalue weighted by atomic mass is 16.6. The lowest BCUT2D eigenvalue weighted by atomic mass is 9.89. The van der Waals surface area contributed by atoms with Gasteiger partial charge < -0.3 is 14.2 Å². The first-order valence-electron chi connectivity index (χ1n) is 8.17. The SMILES string of the molecule is CC1CC(C)CN(C(=O)C2CN(C(=O)c3ccc([N+](=O)[O-])o3)C2)C1. The Hall–Kier alpha value is -2.38. The summed E-state index contributed by atoms with van der Waals surface area (Å²) in [5, 5.41) is 10.6. The third-order valence-corrected chi connectivity index (χ3v) is 4.68. The highest BCUT2D eigenvalue weighted by molar-refractivity contribution is 5.94. The Morgan fingerprint density at radius 2 is 1.75 bits per heavy atom. The van der Waals surface area contributed by atoms with Gasteiger partial charge >= 0.3 is 5.88 Å². The van der Waals surface area contributed by atoms with Crippen LogP contribution in [-0.4, -0.2) is 52.7 Å². The van der Waals surface area contributed by atoms with Crippen molar-refractivity contribution < 1.29 is 18.9 Å². The summed E-state index contributed by atoms with van der Waals surface area (Å²) in [4.78, 5) is 38.0. The van der Waals surface area contributed by atoms with Crippen molar-refractivity contribution in [2.24, 2.45) is 17.8 Å². The van der Waals surface area contributed by atoms with Gasteiger partial charge in [-0.15, -0.1) is 0 Å². The van der Waals surface area contributed by atoms with Gasteiger partial charge in [0.15, 0.2) is 5.76 Å². The molecule has 1 aromatic heterocycles. The molecule has 24 heavy (non-hydrogen) atoms. The molecule has 8 nitrogen and oxygen atoms in total. The van der Waals surface area contributed by atoms with E-state index in [0.717, 1.165) is 25.6 Å². The fourth-order valence-electron chi connectivity index (χ4n) is 3.60. The number of amides is 2. The molecule has 130 valence electrons. The molecule has 0 radical (unpaired) electrons. The molecule has 3 rings (SSSR count). The van der Waals surface area contributed by atoms with Gasteiger partial charge in [0.25, 0.3) is 5.91 Å². The van der Waals surface area contributed by atoms with E-state index < -0.39 is 16.7 Å². The summed E-state index contributed by atoms with van der Waals surface area (Å²) in [5.74, 6) is -0.0132. The predicted octanol–water partition coefficient (Wildman–Crippen LogP) is 1.76. The fourth-order valence-corrected chi connectivity index (χ4v) is 3.60. The first kappa shape index (κ1) is 16.5. The molecule has 0 aliphatic carbocycles. The lowest BCUT2D eigenvalue weighted by molar-refractivity contribution is -0.402. The molecule has 0 bridgehead atoms. The summed E-state index contributed by atoms with van der Waals surface area (Å²) in [5.41, 5.74) is 0. The number of hydrogen-bond donors (Lipinski definition) is 0. The van der Waals surface area contributed by atoms with E-state index in [2.05, 4.69) is 13.8 Å². The molecule has 2 saturated heterocycles. The van der Waals surface area contributed by atoms with Crippen molar-refractivity contribution in [3.05, 3.63) is 28.0 Å². The van der Waals surface area contributed by atoms with E-state index in [1.54, 1.807) is 0 Å². The average molecular weight is 335 g/mol. The summed E-state index contributed by atoms with van der Waals surface area (Å²) in [7, 11) is 0. The van der Waals surface area contributed by atoms with E-state index in [0.29, 0.717) is 24.9 Å². The minimum Gasteiger partial charge on any atom is -0.395 e. The van der Waals surface area contributed by atoms with E-state index in [-0.39, 0.29) is 17.6 Å². The van der Waals surface area contributed by atoms with Gasteiger partial charge in [0.1, 0.15) is 4.92 Å².